The Kier molecular flexibility index (Phi) is 7.12. The molecule has 1 saturated carbocycles. The molecule has 1 atom stereocenters. The molecular weight excluding hydrogens is 350 g/mol. The first-order valence-corrected chi connectivity index (χ1v) is 10.5. The van der Waals surface area contributed by atoms with Crippen molar-refractivity contribution in [3.05, 3.63) is 29.8 Å². The van der Waals surface area contributed by atoms with Gasteiger partial charge in [0.25, 0.3) is 0 Å². The molecule has 2 rings (SSSR count). The van der Waals surface area contributed by atoms with Crippen LogP contribution in [0.1, 0.15) is 63.2 Å². The van der Waals surface area contributed by atoms with Crippen LogP contribution in [0.3, 0.4) is 0 Å². The van der Waals surface area contributed by atoms with Crippen molar-refractivity contribution in [3.63, 3.8) is 0 Å². The summed E-state index contributed by atoms with van der Waals surface area (Å²) in [7, 11) is 0. The lowest BCUT2D eigenvalue weighted by Crippen LogP contribution is -2.45. The number of nitrogens with zero attached hydrogens (tertiary/aromatic N) is 1. The summed E-state index contributed by atoms with van der Waals surface area (Å²) in [6, 6.07) is 6.98. The summed E-state index contributed by atoms with van der Waals surface area (Å²) in [4.78, 5) is 25.8. The summed E-state index contributed by atoms with van der Waals surface area (Å²) in [5, 5.41) is 9.32. The van der Waals surface area contributed by atoms with Gasteiger partial charge in [-0.25, -0.2) is 4.79 Å². The van der Waals surface area contributed by atoms with Gasteiger partial charge in [0.1, 0.15) is 5.75 Å². The number of amides is 1. The number of hydrogen-bond donors (Lipinski definition) is 1. The zero-order valence-corrected chi connectivity index (χ0v) is 16.7. The predicted octanol–water partition coefficient (Wildman–Crippen LogP) is 4.34. The van der Waals surface area contributed by atoms with Crippen molar-refractivity contribution in [1.29, 1.82) is 0 Å². The fourth-order valence-electron chi connectivity index (χ4n) is 3.37. The van der Waals surface area contributed by atoms with Crippen molar-refractivity contribution in [1.82, 2.24) is 4.90 Å². The molecule has 0 aromatic heterocycles. The lowest BCUT2D eigenvalue weighted by atomic mass is 10.0. The SMILES string of the molecule is CC(C)(C)N(CCC(=O)c1cccc([S+]([O-])CC2CCCC2)c1)C(=O)O. The number of hydrogen-bond acceptors (Lipinski definition) is 3. The first kappa shape index (κ1) is 20.8. The smallest absolute Gasteiger partial charge is 0.407 e. The molecule has 5 nitrogen and oxygen atoms in total. The summed E-state index contributed by atoms with van der Waals surface area (Å²) < 4.78 is 12.6. The third kappa shape index (κ3) is 5.74. The van der Waals surface area contributed by atoms with Crippen LogP contribution in [0.5, 0.6) is 0 Å². The molecule has 0 aliphatic heterocycles. The largest absolute Gasteiger partial charge is 0.611 e. The lowest BCUT2D eigenvalue weighted by Gasteiger charge is -2.32. The number of benzene rings is 1. The van der Waals surface area contributed by atoms with Crippen molar-refractivity contribution < 1.29 is 19.2 Å². The van der Waals surface area contributed by atoms with E-state index in [4.69, 9.17) is 0 Å². The van der Waals surface area contributed by atoms with Crippen LogP contribution in [0.15, 0.2) is 29.2 Å². The fourth-order valence-corrected chi connectivity index (χ4v) is 4.82. The van der Waals surface area contributed by atoms with Crippen LogP contribution in [-0.4, -0.2) is 44.3 Å². The van der Waals surface area contributed by atoms with Gasteiger partial charge < -0.3 is 14.6 Å². The molecule has 1 fully saturated rings. The van der Waals surface area contributed by atoms with Crippen molar-refractivity contribution in [2.45, 2.75) is 63.3 Å². The Labute approximate surface area is 159 Å². The highest BCUT2D eigenvalue weighted by Crippen LogP contribution is 2.28. The minimum absolute atomic E-state index is 0.113. The summed E-state index contributed by atoms with van der Waals surface area (Å²) in [5.74, 6) is 1.06. The first-order valence-electron chi connectivity index (χ1n) is 9.20. The third-order valence-electron chi connectivity index (χ3n) is 4.88. The first-order chi connectivity index (χ1) is 12.2. The maximum atomic E-state index is 12.6. The Morgan fingerprint density at radius 1 is 1.27 bits per heavy atom. The number of carboxylic acid groups (broad SMARTS) is 1. The average Bonchev–Trinajstić information content (AvgIpc) is 3.06. The Morgan fingerprint density at radius 2 is 1.92 bits per heavy atom. The van der Waals surface area contributed by atoms with E-state index in [1.165, 1.54) is 17.7 Å². The van der Waals surface area contributed by atoms with E-state index in [2.05, 4.69) is 0 Å². The van der Waals surface area contributed by atoms with Crippen LogP contribution in [0.4, 0.5) is 4.79 Å². The molecule has 6 heteroatoms. The molecule has 1 aliphatic carbocycles. The molecule has 0 radical (unpaired) electrons. The summed E-state index contributed by atoms with van der Waals surface area (Å²) in [6.45, 7) is 5.56. The molecule has 1 N–H and O–H groups in total. The van der Waals surface area contributed by atoms with Crippen LogP contribution in [0.25, 0.3) is 0 Å². The zero-order chi connectivity index (χ0) is 19.3. The maximum Gasteiger partial charge on any atom is 0.407 e. The molecule has 0 saturated heterocycles. The number of rotatable bonds is 7. The van der Waals surface area contributed by atoms with Gasteiger partial charge in [-0.2, -0.15) is 0 Å². The third-order valence-corrected chi connectivity index (χ3v) is 6.44. The Bertz CT molecular complexity index is 635. The molecular formula is C20H29NO4S. The van der Waals surface area contributed by atoms with E-state index in [1.807, 2.05) is 0 Å². The van der Waals surface area contributed by atoms with Gasteiger partial charge in [0.05, 0.1) is 0 Å². The average molecular weight is 380 g/mol. The number of carbonyl (C=O) groups is 2. The molecule has 0 bridgehead atoms. The lowest BCUT2D eigenvalue weighted by molar-refractivity contribution is 0.0871. The van der Waals surface area contributed by atoms with Gasteiger partial charge in [0.2, 0.25) is 0 Å². The van der Waals surface area contributed by atoms with E-state index in [1.54, 1.807) is 45.0 Å². The van der Waals surface area contributed by atoms with E-state index >= 15 is 0 Å². The van der Waals surface area contributed by atoms with E-state index in [0.29, 0.717) is 22.1 Å². The Balaban J connectivity index is 1.99. The monoisotopic (exact) mass is 379 g/mol. The molecule has 0 heterocycles. The number of ketones is 1. The van der Waals surface area contributed by atoms with Gasteiger partial charge in [0.15, 0.2) is 10.7 Å². The van der Waals surface area contributed by atoms with Crippen LogP contribution < -0.4 is 0 Å². The van der Waals surface area contributed by atoms with E-state index in [-0.39, 0.29) is 18.7 Å². The Hall–Kier alpha value is -1.53. The van der Waals surface area contributed by atoms with Crippen molar-refractivity contribution in [2.75, 3.05) is 12.3 Å². The molecule has 0 spiro atoms. The molecule has 1 aliphatic rings. The second-order valence-electron chi connectivity index (χ2n) is 7.97. The summed E-state index contributed by atoms with van der Waals surface area (Å²) in [5.41, 5.74) is -0.0574. The van der Waals surface area contributed by atoms with Crippen LogP contribution in [0, 0.1) is 5.92 Å². The minimum atomic E-state index is -1.09. The van der Waals surface area contributed by atoms with Crippen LogP contribution in [0.2, 0.25) is 0 Å². The van der Waals surface area contributed by atoms with E-state index < -0.39 is 22.8 Å². The fraction of sp³-hybridized carbons (Fsp3) is 0.600. The van der Waals surface area contributed by atoms with Crippen molar-refractivity contribution in [3.8, 4) is 0 Å². The highest BCUT2D eigenvalue weighted by Gasteiger charge is 2.27. The van der Waals surface area contributed by atoms with Gasteiger partial charge >= 0.3 is 6.09 Å². The quantitative estimate of drug-likeness (QED) is 0.564. The number of Topliss-reactive ketones (excluding diaryl/α,β-unsaturated/α-hetero) is 1. The highest BCUT2D eigenvalue weighted by molar-refractivity contribution is 7.91. The summed E-state index contributed by atoms with van der Waals surface area (Å²) in [6.07, 6.45) is 3.80. The van der Waals surface area contributed by atoms with Crippen LogP contribution in [-0.2, 0) is 11.2 Å². The zero-order valence-electron chi connectivity index (χ0n) is 15.9. The molecule has 1 amide bonds. The maximum absolute atomic E-state index is 12.6. The van der Waals surface area contributed by atoms with Gasteiger partial charge in [-0.05, 0) is 50.9 Å². The normalized spacial score (nSPS) is 16.5. The van der Waals surface area contributed by atoms with Gasteiger partial charge in [0, 0.05) is 36.1 Å². The standard InChI is InChI=1S/C20H29NO4S/c1-20(2,3)21(19(23)24)12-11-18(22)16-9-6-10-17(13-16)26(25)14-15-7-4-5-8-15/h6,9-10,13,15H,4-5,7-8,11-12,14H2,1-3H3,(H,23,24). The highest BCUT2D eigenvalue weighted by atomic mass is 32.2. The van der Waals surface area contributed by atoms with Gasteiger partial charge in [-0.3, -0.25) is 4.79 Å². The minimum Gasteiger partial charge on any atom is -0.611 e. The molecule has 1 aromatic carbocycles. The van der Waals surface area contributed by atoms with Gasteiger partial charge in [-0.1, -0.05) is 25.0 Å². The second kappa shape index (κ2) is 8.91. The number of carbonyl (C=O) groups excluding carboxylic acids is 1. The van der Waals surface area contributed by atoms with Crippen LogP contribution >= 0.6 is 0 Å². The molecule has 144 valence electrons. The van der Waals surface area contributed by atoms with E-state index in [9.17, 15) is 19.2 Å². The van der Waals surface area contributed by atoms with E-state index in [0.717, 1.165) is 12.8 Å². The Morgan fingerprint density at radius 3 is 2.50 bits per heavy atom. The summed E-state index contributed by atoms with van der Waals surface area (Å²) >= 11 is -1.09. The second-order valence-corrected chi connectivity index (χ2v) is 9.46. The molecule has 1 unspecified atom stereocenters. The molecule has 1 aromatic rings. The molecule has 26 heavy (non-hydrogen) atoms. The topological polar surface area (TPSA) is 80.7 Å². The van der Waals surface area contributed by atoms with Crippen molar-refractivity contribution in [2.24, 2.45) is 5.92 Å². The predicted molar refractivity (Wildman–Crippen MR) is 103 cm³/mol. The van der Waals surface area contributed by atoms with Crippen molar-refractivity contribution >= 4 is 23.1 Å². The van der Waals surface area contributed by atoms with Gasteiger partial charge in [-0.15, -0.1) is 0 Å².